The van der Waals surface area contributed by atoms with E-state index in [1.807, 2.05) is 45.9 Å². The third-order valence-corrected chi connectivity index (χ3v) is 9.62. The van der Waals surface area contributed by atoms with Gasteiger partial charge in [-0.05, 0) is 90.1 Å². The van der Waals surface area contributed by atoms with E-state index in [0.29, 0.717) is 6.42 Å². The average Bonchev–Trinajstić information content (AvgIpc) is 3.75. The summed E-state index contributed by atoms with van der Waals surface area (Å²) in [5, 5.41) is 35.0. The number of aliphatic hydroxyl groups excluding tert-OH is 2. The van der Waals surface area contributed by atoms with Crippen LogP contribution < -0.4 is 5.32 Å². The molecule has 3 rings (SSSR count). The summed E-state index contributed by atoms with van der Waals surface area (Å²) in [5.41, 5.74) is -0.639. The number of piperidine rings is 1. The number of carbonyl (C=O) groups is 2. The fourth-order valence-corrected chi connectivity index (χ4v) is 6.26. The van der Waals surface area contributed by atoms with Gasteiger partial charge in [-0.3, -0.25) is 4.79 Å². The highest BCUT2D eigenvalue weighted by molar-refractivity contribution is 5.70. The Kier molecular flexibility index (Phi) is 14.1. The van der Waals surface area contributed by atoms with Crippen molar-refractivity contribution in [2.75, 3.05) is 20.1 Å². The molecule has 0 saturated carbocycles. The first-order valence-electron chi connectivity index (χ1n) is 16.8. The van der Waals surface area contributed by atoms with Crippen LogP contribution in [0, 0.1) is 17.8 Å². The molecule has 45 heavy (non-hydrogen) atoms. The fourth-order valence-electron chi connectivity index (χ4n) is 6.26. The van der Waals surface area contributed by atoms with Crippen LogP contribution in [0.25, 0.3) is 0 Å². The van der Waals surface area contributed by atoms with Crippen LogP contribution in [0.5, 0.6) is 0 Å². The summed E-state index contributed by atoms with van der Waals surface area (Å²) >= 11 is 0. The first-order valence-corrected chi connectivity index (χ1v) is 16.8. The Bertz CT molecular complexity index is 1050. The molecular weight excluding hydrogens is 576 g/mol. The second-order valence-corrected chi connectivity index (χ2v) is 13.9. The van der Waals surface area contributed by atoms with Crippen LogP contribution in [0.15, 0.2) is 36.0 Å². The molecule has 2 fully saturated rings. The molecule has 4 N–H and O–H groups in total. The Labute approximate surface area is 269 Å². The molecular formula is C35H58N2O8. The smallest absolute Gasteiger partial charge is 0.408 e. The predicted molar refractivity (Wildman–Crippen MR) is 173 cm³/mol. The Morgan fingerprint density at radius 3 is 2.60 bits per heavy atom. The molecule has 3 aliphatic rings. The maximum atomic E-state index is 12.9. The number of hydrogen-bond donors (Lipinski definition) is 4. The quantitative estimate of drug-likeness (QED) is 0.120. The highest BCUT2D eigenvalue weighted by Crippen LogP contribution is 2.36. The summed E-state index contributed by atoms with van der Waals surface area (Å²) in [6, 6.07) is 0.0118. The monoisotopic (exact) mass is 634 g/mol. The number of nitrogens with zero attached hydrogens (tertiary/aromatic N) is 1. The Morgan fingerprint density at radius 2 is 1.93 bits per heavy atom. The van der Waals surface area contributed by atoms with Crippen LogP contribution in [0.1, 0.15) is 86.5 Å². The van der Waals surface area contributed by atoms with Crippen molar-refractivity contribution in [1.29, 1.82) is 0 Å². The molecule has 0 aromatic heterocycles. The van der Waals surface area contributed by atoms with Crippen LogP contribution in [0.3, 0.4) is 0 Å². The topological polar surface area (TPSA) is 141 Å². The molecule has 1 amide bonds. The van der Waals surface area contributed by atoms with Gasteiger partial charge in [0, 0.05) is 17.9 Å². The third-order valence-electron chi connectivity index (χ3n) is 9.62. The van der Waals surface area contributed by atoms with Gasteiger partial charge in [-0.15, -0.1) is 0 Å². The van der Waals surface area contributed by atoms with Crippen molar-refractivity contribution >= 4 is 12.1 Å². The summed E-state index contributed by atoms with van der Waals surface area (Å²) < 4.78 is 17.5. The number of alkyl carbamates (subject to hydrolysis) is 1. The molecule has 256 valence electrons. The molecule has 10 heteroatoms. The number of aliphatic hydroxyl groups is 3. The Morgan fingerprint density at radius 1 is 1.24 bits per heavy atom. The lowest BCUT2D eigenvalue weighted by atomic mass is 9.88. The second kappa shape index (κ2) is 17.1. The highest BCUT2D eigenvalue weighted by Gasteiger charge is 2.45. The van der Waals surface area contributed by atoms with Gasteiger partial charge in [0.2, 0.25) is 0 Å². The largest absolute Gasteiger partial charge is 0.457 e. The van der Waals surface area contributed by atoms with Gasteiger partial charge in [-0.25, -0.2) is 4.79 Å². The maximum Gasteiger partial charge on any atom is 0.408 e. The van der Waals surface area contributed by atoms with Gasteiger partial charge in [0.1, 0.15) is 11.7 Å². The van der Waals surface area contributed by atoms with E-state index < -0.39 is 36.0 Å². The number of epoxide rings is 1. The molecule has 10 nitrogen and oxygen atoms in total. The molecule has 0 bridgehead atoms. The molecule has 3 aliphatic heterocycles. The van der Waals surface area contributed by atoms with Crippen LogP contribution in [0.4, 0.5) is 4.79 Å². The van der Waals surface area contributed by atoms with Gasteiger partial charge < -0.3 is 39.7 Å². The molecule has 2 saturated heterocycles. The van der Waals surface area contributed by atoms with E-state index in [9.17, 15) is 24.9 Å². The van der Waals surface area contributed by atoms with Crippen molar-refractivity contribution in [2.45, 2.75) is 135 Å². The minimum Gasteiger partial charge on any atom is -0.457 e. The number of allylic oxidation sites excluding steroid dienone is 3. The van der Waals surface area contributed by atoms with E-state index in [-0.39, 0.29) is 61.4 Å². The number of likely N-dealkylation sites (tertiary alicyclic amines) is 1. The van der Waals surface area contributed by atoms with Gasteiger partial charge in [0.05, 0.1) is 30.8 Å². The lowest BCUT2D eigenvalue weighted by Crippen LogP contribution is -2.48. The second-order valence-electron chi connectivity index (χ2n) is 13.9. The third kappa shape index (κ3) is 11.8. The molecule has 0 aliphatic carbocycles. The summed E-state index contributed by atoms with van der Waals surface area (Å²) in [6.45, 7) is 13.3. The Balaban J connectivity index is 1.69. The zero-order valence-corrected chi connectivity index (χ0v) is 28.4. The van der Waals surface area contributed by atoms with Crippen molar-refractivity contribution in [3.8, 4) is 0 Å². The summed E-state index contributed by atoms with van der Waals surface area (Å²) in [4.78, 5) is 27.9. The van der Waals surface area contributed by atoms with Crippen molar-refractivity contribution in [3.63, 3.8) is 0 Å². The number of esters is 1. The number of amides is 1. The van der Waals surface area contributed by atoms with Gasteiger partial charge in [-0.1, -0.05) is 52.0 Å². The standard InChI is InChI=1S/C35H58N2O8/c1-8-28(39)25(5)33-29(43-33)20-22(2)10-9-11-23(3)32-24(4)12-13-30(35(6,42)17-14-27(38)21-31(40)45-32)44-34(41)36-26-15-18-37(7)19-16-26/h9-13,22,24-30,32-33,38-39,42H,8,14-21H2,1-7H3,(H,36,41)/b10-9+,13-12-,23-11+. The zero-order chi connectivity index (χ0) is 33.3. The minimum absolute atomic E-state index is 0.0118. The molecule has 3 heterocycles. The summed E-state index contributed by atoms with van der Waals surface area (Å²) in [7, 11) is 2.05. The lowest BCUT2D eigenvalue weighted by Gasteiger charge is -2.34. The van der Waals surface area contributed by atoms with Crippen LogP contribution in [-0.2, 0) is 19.0 Å². The van der Waals surface area contributed by atoms with Crippen molar-refractivity contribution in [3.05, 3.63) is 36.0 Å². The summed E-state index contributed by atoms with van der Waals surface area (Å²) in [6.07, 6.45) is 9.49. The van der Waals surface area contributed by atoms with E-state index in [1.165, 1.54) is 0 Å². The van der Waals surface area contributed by atoms with Gasteiger partial charge in [-0.2, -0.15) is 0 Å². The molecule has 0 radical (unpaired) electrons. The molecule has 10 atom stereocenters. The van der Waals surface area contributed by atoms with Gasteiger partial charge in [0.15, 0.2) is 6.10 Å². The van der Waals surface area contributed by atoms with E-state index in [4.69, 9.17) is 14.2 Å². The molecule has 0 aromatic carbocycles. The number of nitrogens with one attached hydrogen (secondary N) is 1. The molecule has 10 unspecified atom stereocenters. The van der Waals surface area contributed by atoms with Crippen molar-refractivity contribution in [2.24, 2.45) is 17.8 Å². The van der Waals surface area contributed by atoms with Gasteiger partial charge in [0.25, 0.3) is 0 Å². The zero-order valence-electron chi connectivity index (χ0n) is 28.4. The molecule has 0 aromatic rings. The minimum atomic E-state index is -1.46. The number of ether oxygens (including phenoxy) is 3. The normalized spacial score (nSPS) is 35.4. The van der Waals surface area contributed by atoms with E-state index in [1.54, 1.807) is 13.0 Å². The van der Waals surface area contributed by atoms with E-state index >= 15 is 0 Å². The van der Waals surface area contributed by atoms with Crippen molar-refractivity contribution < 1.29 is 39.1 Å². The first kappa shape index (κ1) is 37.2. The van der Waals surface area contributed by atoms with Gasteiger partial charge >= 0.3 is 12.1 Å². The fraction of sp³-hybridized carbons (Fsp3) is 0.771. The number of rotatable bonds is 10. The first-order chi connectivity index (χ1) is 21.2. The average molecular weight is 635 g/mol. The Hall–Kier alpha value is -2.24. The van der Waals surface area contributed by atoms with Crippen LogP contribution in [-0.4, -0.2) is 101 Å². The van der Waals surface area contributed by atoms with Crippen LogP contribution >= 0.6 is 0 Å². The van der Waals surface area contributed by atoms with Crippen LogP contribution in [0.2, 0.25) is 0 Å². The lowest BCUT2D eigenvalue weighted by molar-refractivity contribution is -0.151. The van der Waals surface area contributed by atoms with E-state index in [0.717, 1.165) is 37.9 Å². The SMILES string of the molecule is CCC(O)C(C)C1OC1CC(C)/C=C/C=C(\C)C1OC(=O)CC(O)CCC(C)(O)C(OC(=O)NC2CCN(C)CC2)/C=C\C1C. The predicted octanol–water partition coefficient (Wildman–Crippen LogP) is 4.28. The van der Waals surface area contributed by atoms with Crippen molar-refractivity contribution in [1.82, 2.24) is 10.2 Å². The van der Waals surface area contributed by atoms with E-state index in [2.05, 4.69) is 30.3 Å². The summed E-state index contributed by atoms with van der Waals surface area (Å²) in [5.74, 6) is -0.450. The highest BCUT2D eigenvalue weighted by atomic mass is 16.6. The number of cyclic esters (lactones) is 1. The maximum absolute atomic E-state index is 12.9. The molecule has 0 spiro atoms. The number of hydrogen-bond acceptors (Lipinski definition) is 9. The number of carbonyl (C=O) groups excluding carboxylic acids is 2.